The van der Waals surface area contributed by atoms with Gasteiger partial charge in [0.25, 0.3) is 0 Å². The predicted octanol–water partition coefficient (Wildman–Crippen LogP) is 1.79. The molecule has 0 radical (unpaired) electrons. The highest BCUT2D eigenvalue weighted by Crippen LogP contribution is 2.26. The standard InChI is InChI=1S/C14H22FNO3S/c1-14(2,20(5,17)18)12(16-3)9-10-7-6-8-11(19-4)13(10)15/h6-8,12,16H,9H2,1-5H3. The molecule has 0 fully saturated rings. The van der Waals surface area contributed by atoms with Crippen LogP contribution in [0, 0.1) is 5.82 Å². The van der Waals surface area contributed by atoms with Crippen LogP contribution in [0.4, 0.5) is 4.39 Å². The summed E-state index contributed by atoms with van der Waals surface area (Å²) in [6.07, 6.45) is 1.46. The van der Waals surface area contributed by atoms with E-state index in [1.807, 2.05) is 0 Å². The summed E-state index contributed by atoms with van der Waals surface area (Å²) in [5.74, 6) is -0.283. The maximum absolute atomic E-state index is 14.2. The molecule has 0 aliphatic heterocycles. The Bertz CT molecular complexity index is 570. The van der Waals surface area contributed by atoms with Crippen LogP contribution >= 0.6 is 0 Å². The van der Waals surface area contributed by atoms with Crippen molar-refractivity contribution in [3.63, 3.8) is 0 Å². The van der Waals surface area contributed by atoms with Gasteiger partial charge in [-0.05, 0) is 38.9 Å². The van der Waals surface area contributed by atoms with Crippen LogP contribution in [-0.4, -0.2) is 39.6 Å². The minimum absolute atomic E-state index is 0.162. The summed E-state index contributed by atoms with van der Waals surface area (Å²) in [6, 6.07) is 4.46. The van der Waals surface area contributed by atoms with Gasteiger partial charge in [0.2, 0.25) is 0 Å². The van der Waals surface area contributed by atoms with Crippen molar-refractivity contribution in [3.8, 4) is 5.75 Å². The average Bonchev–Trinajstić information content (AvgIpc) is 2.36. The van der Waals surface area contributed by atoms with E-state index < -0.39 is 26.4 Å². The number of rotatable bonds is 6. The maximum Gasteiger partial charge on any atom is 0.168 e. The molecule has 114 valence electrons. The van der Waals surface area contributed by atoms with Crippen LogP contribution in [0.15, 0.2) is 18.2 Å². The van der Waals surface area contributed by atoms with E-state index >= 15 is 0 Å². The summed E-state index contributed by atoms with van der Waals surface area (Å²) in [5, 5.41) is 2.98. The van der Waals surface area contributed by atoms with Crippen molar-refractivity contribution in [2.24, 2.45) is 0 Å². The van der Waals surface area contributed by atoms with Gasteiger partial charge >= 0.3 is 0 Å². The number of benzene rings is 1. The summed E-state index contributed by atoms with van der Waals surface area (Å²) in [6.45, 7) is 3.28. The first-order chi connectivity index (χ1) is 9.15. The van der Waals surface area contributed by atoms with Crippen molar-refractivity contribution in [1.29, 1.82) is 0 Å². The van der Waals surface area contributed by atoms with E-state index in [1.54, 1.807) is 33.0 Å². The molecule has 1 unspecified atom stereocenters. The lowest BCUT2D eigenvalue weighted by Gasteiger charge is -2.32. The first-order valence-electron chi connectivity index (χ1n) is 6.33. The maximum atomic E-state index is 14.2. The normalized spacial score (nSPS) is 14.1. The quantitative estimate of drug-likeness (QED) is 0.870. The smallest absolute Gasteiger partial charge is 0.168 e. The highest BCUT2D eigenvalue weighted by atomic mass is 32.2. The van der Waals surface area contributed by atoms with Crippen LogP contribution in [0.1, 0.15) is 19.4 Å². The number of halogens is 1. The summed E-state index contributed by atoms with van der Waals surface area (Å²) < 4.78 is 41.9. The van der Waals surface area contributed by atoms with E-state index in [1.165, 1.54) is 19.4 Å². The van der Waals surface area contributed by atoms with Gasteiger partial charge in [0.1, 0.15) is 0 Å². The topological polar surface area (TPSA) is 55.4 Å². The van der Waals surface area contributed by atoms with Gasteiger partial charge in [-0.15, -0.1) is 0 Å². The van der Waals surface area contributed by atoms with Gasteiger partial charge < -0.3 is 10.1 Å². The van der Waals surface area contributed by atoms with E-state index in [4.69, 9.17) is 4.74 Å². The molecule has 0 bridgehead atoms. The fourth-order valence-corrected chi connectivity index (χ4v) is 2.76. The third kappa shape index (κ3) is 3.30. The molecule has 0 spiro atoms. The Hall–Kier alpha value is -1.14. The lowest BCUT2D eigenvalue weighted by atomic mass is 9.95. The summed E-state index contributed by atoms with van der Waals surface area (Å²) in [7, 11) is -0.201. The molecule has 4 nitrogen and oxygen atoms in total. The van der Waals surface area contributed by atoms with E-state index in [-0.39, 0.29) is 12.2 Å². The molecule has 1 aromatic carbocycles. The van der Waals surface area contributed by atoms with Crippen LogP contribution in [0.5, 0.6) is 5.75 Å². The molecule has 20 heavy (non-hydrogen) atoms. The molecule has 0 aliphatic carbocycles. The fraction of sp³-hybridized carbons (Fsp3) is 0.571. The molecule has 1 aromatic rings. The summed E-state index contributed by atoms with van der Waals surface area (Å²) in [5.41, 5.74) is 0.431. The molecule has 0 aliphatic rings. The monoisotopic (exact) mass is 303 g/mol. The zero-order valence-electron chi connectivity index (χ0n) is 12.5. The van der Waals surface area contributed by atoms with Crippen LogP contribution in [0.3, 0.4) is 0 Å². The second kappa shape index (κ2) is 6.10. The van der Waals surface area contributed by atoms with Crippen molar-refractivity contribution < 1.29 is 17.5 Å². The predicted molar refractivity (Wildman–Crippen MR) is 78.4 cm³/mol. The zero-order valence-corrected chi connectivity index (χ0v) is 13.3. The molecular weight excluding hydrogens is 281 g/mol. The van der Waals surface area contributed by atoms with E-state index in [9.17, 15) is 12.8 Å². The van der Waals surface area contributed by atoms with Gasteiger partial charge in [0.05, 0.1) is 11.9 Å². The molecule has 0 saturated carbocycles. The Balaban J connectivity index is 3.13. The molecule has 6 heteroatoms. The number of nitrogens with one attached hydrogen (secondary N) is 1. The Morgan fingerprint density at radius 1 is 1.40 bits per heavy atom. The number of methoxy groups -OCH3 is 1. The molecule has 0 heterocycles. The molecule has 1 atom stereocenters. The lowest BCUT2D eigenvalue weighted by molar-refractivity contribution is 0.379. The molecule has 0 amide bonds. The van der Waals surface area contributed by atoms with Crippen molar-refractivity contribution >= 4 is 9.84 Å². The second-order valence-corrected chi connectivity index (χ2v) is 7.95. The van der Waals surface area contributed by atoms with Gasteiger partial charge in [-0.25, -0.2) is 12.8 Å². The van der Waals surface area contributed by atoms with E-state index in [0.717, 1.165) is 0 Å². The van der Waals surface area contributed by atoms with Crippen LogP contribution in [-0.2, 0) is 16.3 Å². The Morgan fingerprint density at radius 3 is 2.45 bits per heavy atom. The number of likely N-dealkylation sites (N-methyl/N-ethyl adjacent to an activating group) is 1. The summed E-state index contributed by atoms with van der Waals surface area (Å²) in [4.78, 5) is 0. The number of ether oxygens (including phenoxy) is 1. The van der Waals surface area contributed by atoms with Gasteiger partial charge in [0.15, 0.2) is 21.4 Å². The van der Waals surface area contributed by atoms with Crippen molar-refractivity contribution in [2.75, 3.05) is 20.4 Å². The molecular formula is C14H22FNO3S. The first kappa shape index (κ1) is 16.9. The van der Waals surface area contributed by atoms with Crippen molar-refractivity contribution in [2.45, 2.75) is 31.1 Å². The Morgan fingerprint density at radius 2 is 2.00 bits per heavy atom. The molecule has 1 N–H and O–H groups in total. The number of sulfone groups is 1. The van der Waals surface area contributed by atoms with Crippen molar-refractivity contribution in [1.82, 2.24) is 5.32 Å². The van der Waals surface area contributed by atoms with E-state index in [2.05, 4.69) is 5.32 Å². The number of hydrogen-bond acceptors (Lipinski definition) is 4. The second-order valence-electron chi connectivity index (χ2n) is 5.35. The minimum atomic E-state index is -3.28. The third-order valence-electron chi connectivity index (χ3n) is 3.83. The largest absolute Gasteiger partial charge is 0.494 e. The van der Waals surface area contributed by atoms with E-state index in [0.29, 0.717) is 5.56 Å². The highest BCUT2D eigenvalue weighted by Gasteiger charge is 2.38. The highest BCUT2D eigenvalue weighted by molar-refractivity contribution is 7.92. The van der Waals surface area contributed by atoms with Crippen LogP contribution in [0.2, 0.25) is 0 Å². The third-order valence-corrected chi connectivity index (χ3v) is 6.03. The molecule has 0 aromatic heterocycles. The molecule has 0 saturated heterocycles. The zero-order chi connectivity index (χ0) is 15.6. The van der Waals surface area contributed by atoms with Crippen LogP contribution < -0.4 is 10.1 Å². The SMILES string of the molecule is CNC(Cc1cccc(OC)c1F)C(C)(C)S(C)(=O)=O. The van der Waals surface area contributed by atoms with Gasteiger partial charge in [-0.2, -0.15) is 0 Å². The minimum Gasteiger partial charge on any atom is -0.494 e. The first-order valence-corrected chi connectivity index (χ1v) is 8.22. The average molecular weight is 303 g/mol. The van der Waals surface area contributed by atoms with Gasteiger partial charge in [-0.3, -0.25) is 0 Å². The van der Waals surface area contributed by atoms with Crippen molar-refractivity contribution in [3.05, 3.63) is 29.6 Å². The Labute approximate surface area is 120 Å². The van der Waals surface area contributed by atoms with Gasteiger partial charge in [0, 0.05) is 12.3 Å². The van der Waals surface area contributed by atoms with Crippen LogP contribution in [0.25, 0.3) is 0 Å². The van der Waals surface area contributed by atoms with Gasteiger partial charge in [-0.1, -0.05) is 12.1 Å². The fourth-order valence-electron chi connectivity index (χ4n) is 2.05. The lowest BCUT2D eigenvalue weighted by Crippen LogP contribution is -2.51. The summed E-state index contributed by atoms with van der Waals surface area (Å²) >= 11 is 0. The number of hydrogen-bond donors (Lipinski definition) is 1. The molecule has 1 rings (SSSR count). The Kier molecular flexibility index (Phi) is 5.15.